The van der Waals surface area contributed by atoms with Gasteiger partial charge in [0.25, 0.3) is 0 Å². The van der Waals surface area contributed by atoms with Crippen LogP contribution in [0, 0.1) is 0 Å². The lowest BCUT2D eigenvalue weighted by atomic mass is 10.3. The number of rotatable bonds is 9. The zero-order valence-electron chi connectivity index (χ0n) is 12.8. The van der Waals surface area contributed by atoms with E-state index in [1.807, 2.05) is 12.1 Å². The fraction of sp³-hybridized carbons (Fsp3) is 0.400. The van der Waals surface area contributed by atoms with Gasteiger partial charge in [-0.25, -0.2) is 0 Å². The Balaban J connectivity index is 2.10. The summed E-state index contributed by atoms with van der Waals surface area (Å²) in [6.07, 6.45) is 0.507. The van der Waals surface area contributed by atoms with Crippen molar-refractivity contribution in [3.63, 3.8) is 0 Å². The van der Waals surface area contributed by atoms with Gasteiger partial charge in [0.05, 0.1) is 12.9 Å². The van der Waals surface area contributed by atoms with Crippen molar-refractivity contribution in [2.75, 3.05) is 30.5 Å². The van der Waals surface area contributed by atoms with Gasteiger partial charge in [0.2, 0.25) is 11.8 Å². The van der Waals surface area contributed by atoms with Crippen LogP contribution in [0.1, 0.15) is 12.8 Å². The largest absolute Gasteiger partial charge is 0.468 e. The molecule has 2 amide bonds. The lowest BCUT2D eigenvalue weighted by Crippen LogP contribution is -2.27. The van der Waals surface area contributed by atoms with Crippen molar-refractivity contribution in [2.24, 2.45) is 0 Å². The van der Waals surface area contributed by atoms with Crippen molar-refractivity contribution in [3.05, 3.63) is 28.7 Å². The molecule has 126 valence electrons. The molecule has 0 aromatic heterocycles. The molecule has 0 saturated heterocycles. The van der Waals surface area contributed by atoms with Crippen LogP contribution < -0.4 is 10.6 Å². The van der Waals surface area contributed by atoms with Crippen molar-refractivity contribution in [1.29, 1.82) is 0 Å². The molecular weight excluding hydrogens is 384 g/mol. The molecule has 23 heavy (non-hydrogen) atoms. The van der Waals surface area contributed by atoms with Crippen LogP contribution in [-0.4, -0.2) is 42.9 Å². The number of benzene rings is 1. The summed E-state index contributed by atoms with van der Waals surface area (Å²) < 4.78 is 5.43. The van der Waals surface area contributed by atoms with E-state index in [9.17, 15) is 14.4 Å². The Labute approximate surface area is 147 Å². The maximum Gasteiger partial charge on any atom is 0.315 e. The van der Waals surface area contributed by atoms with Crippen molar-refractivity contribution in [3.8, 4) is 0 Å². The number of amides is 2. The fourth-order valence-corrected chi connectivity index (χ4v) is 2.56. The molecule has 1 aromatic rings. The van der Waals surface area contributed by atoms with Gasteiger partial charge in [-0.2, -0.15) is 0 Å². The highest BCUT2D eigenvalue weighted by molar-refractivity contribution is 9.10. The van der Waals surface area contributed by atoms with Crippen LogP contribution in [0.25, 0.3) is 0 Å². The highest BCUT2D eigenvalue weighted by Gasteiger charge is 2.06. The van der Waals surface area contributed by atoms with Crippen LogP contribution in [0.2, 0.25) is 0 Å². The topological polar surface area (TPSA) is 84.5 Å². The maximum absolute atomic E-state index is 11.7. The first kappa shape index (κ1) is 19.5. The summed E-state index contributed by atoms with van der Waals surface area (Å²) in [7, 11) is 1.33. The third-order valence-electron chi connectivity index (χ3n) is 2.72. The van der Waals surface area contributed by atoms with E-state index in [0.717, 1.165) is 4.47 Å². The molecule has 0 aliphatic carbocycles. The Morgan fingerprint density at radius 2 is 1.83 bits per heavy atom. The number of methoxy groups -OCH3 is 1. The molecule has 8 heteroatoms. The molecule has 2 N–H and O–H groups in total. The first-order valence-electron chi connectivity index (χ1n) is 6.98. The number of carbonyl (C=O) groups excluding carboxylic acids is 3. The number of esters is 1. The molecule has 0 heterocycles. The number of halogens is 1. The molecule has 0 fully saturated rings. The number of nitrogens with one attached hydrogen (secondary N) is 2. The Bertz CT molecular complexity index is 537. The lowest BCUT2D eigenvalue weighted by Gasteiger charge is -2.07. The normalized spacial score (nSPS) is 10.0. The predicted octanol–water partition coefficient (Wildman–Crippen LogP) is 2.19. The van der Waals surface area contributed by atoms with Crippen LogP contribution in [0.3, 0.4) is 0 Å². The van der Waals surface area contributed by atoms with E-state index in [1.165, 1.54) is 18.9 Å². The van der Waals surface area contributed by atoms with E-state index < -0.39 is 0 Å². The van der Waals surface area contributed by atoms with E-state index in [1.54, 1.807) is 12.1 Å². The molecule has 6 nitrogen and oxygen atoms in total. The summed E-state index contributed by atoms with van der Waals surface area (Å²) in [5, 5.41) is 5.42. The van der Waals surface area contributed by atoms with Gasteiger partial charge in [0, 0.05) is 35.3 Å². The van der Waals surface area contributed by atoms with Crippen molar-refractivity contribution in [2.45, 2.75) is 12.8 Å². The predicted molar refractivity (Wildman–Crippen MR) is 94.4 cm³/mol. The second-order valence-corrected chi connectivity index (χ2v) is 6.55. The summed E-state index contributed by atoms with van der Waals surface area (Å²) >= 11 is 4.66. The smallest absolute Gasteiger partial charge is 0.315 e. The number of thioether (sulfide) groups is 1. The molecule has 0 bridgehead atoms. The van der Waals surface area contributed by atoms with Crippen LogP contribution in [0.15, 0.2) is 28.7 Å². The molecule has 0 unspecified atom stereocenters. The number of carbonyl (C=O) groups is 3. The second kappa shape index (κ2) is 11.1. The van der Waals surface area contributed by atoms with Gasteiger partial charge in [-0.15, -0.1) is 11.8 Å². The third kappa shape index (κ3) is 9.25. The first-order chi connectivity index (χ1) is 11.0. The SMILES string of the molecule is COC(=O)CSCCC(=O)NCCC(=O)Nc1ccc(Br)cc1. The Kier molecular flexibility index (Phi) is 9.39. The standard InChI is InChI=1S/C15H19BrN2O4S/c1-22-15(21)10-23-9-7-13(19)17-8-6-14(20)18-12-4-2-11(16)3-5-12/h2-5H,6-10H2,1H3,(H,17,19)(H,18,20). The lowest BCUT2D eigenvalue weighted by molar-refractivity contribution is -0.137. The quantitative estimate of drug-likeness (QED) is 0.488. The Morgan fingerprint density at radius 3 is 2.48 bits per heavy atom. The molecule has 0 spiro atoms. The molecule has 0 radical (unpaired) electrons. The summed E-state index contributed by atoms with van der Waals surface area (Å²) in [4.78, 5) is 34.2. The number of hydrogen-bond acceptors (Lipinski definition) is 5. The average Bonchev–Trinajstić information content (AvgIpc) is 2.53. The number of ether oxygens (including phenoxy) is 1. The number of hydrogen-bond donors (Lipinski definition) is 2. The Hall–Kier alpha value is -1.54. The van der Waals surface area contributed by atoms with Gasteiger partial charge in [0.15, 0.2) is 0 Å². The highest BCUT2D eigenvalue weighted by Crippen LogP contribution is 2.14. The van der Waals surface area contributed by atoms with Crippen molar-refractivity contribution >= 4 is 51.2 Å². The summed E-state index contributed by atoms with van der Waals surface area (Å²) in [6.45, 7) is 0.281. The van der Waals surface area contributed by atoms with Gasteiger partial charge in [-0.05, 0) is 24.3 Å². The van der Waals surface area contributed by atoms with E-state index in [-0.39, 0.29) is 36.5 Å². The zero-order valence-corrected chi connectivity index (χ0v) is 15.2. The van der Waals surface area contributed by atoms with Crippen molar-refractivity contribution in [1.82, 2.24) is 5.32 Å². The average molecular weight is 403 g/mol. The molecule has 0 aliphatic heterocycles. The molecule has 1 rings (SSSR count). The molecule has 0 aliphatic rings. The highest BCUT2D eigenvalue weighted by atomic mass is 79.9. The Morgan fingerprint density at radius 1 is 1.13 bits per heavy atom. The zero-order chi connectivity index (χ0) is 17.1. The minimum absolute atomic E-state index is 0.140. The molecule has 0 atom stereocenters. The minimum atomic E-state index is -0.306. The van der Waals surface area contributed by atoms with Crippen LogP contribution in [0.4, 0.5) is 5.69 Å². The molecule has 1 aromatic carbocycles. The molecule has 0 saturated carbocycles. The summed E-state index contributed by atoms with van der Waals surface area (Å²) in [6, 6.07) is 7.25. The van der Waals surface area contributed by atoms with Crippen LogP contribution in [-0.2, 0) is 19.1 Å². The summed E-state index contributed by atoms with van der Waals surface area (Å²) in [5.41, 5.74) is 0.712. The molecular formula is C15H19BrN2O4S. The van der Waals surface area contributed by atoms with E-state index in [4.69, 9.17) is 0 Å². The van der Waals surface area contributed by atoms with Crippen LogP contribution >= 0.6 is 27.7 Å². The first-order valence-corrected chi connectivity index (χ1v) is 8.92. The monoisotopic (exact) mass is 402 g/mol. The van der Waals surface area contributed by atoms with Gasteiger partial charge < -0.3 is 15.4 Å². The minimum Gasteiger partial charge on any atom is -0.468 e. The number of anilines is 1. The van der Waals surface area contributed by atoms with Gasteiger partial charge >= 0.3 is 5.97 Å². The summed E-state index contributed by atoms with van der Waals surface area (Å²) in [5.74, 6) is 0.164. The van der Waals surface area contributed by atoms with E-state index in [2.05, 4.69) is 31.3 Å². The second-order valence-electron chi connectivity index (χ2n) is 4.53. The van der Waals surface area contributed by atoms with Gasteiger partial charge in [-0.3, -0.25) is 14.4 Å². The van der Waals surface area contributed by atoms with E-state index >= 15 is 0 Å². The van der Waals surface area contributed by atoms with Gasteiger partial charge in [-0.1, -0.05) is 15.9 Å². The third-order valence-corrected chi connectivity index (χ3v) is 4.18. The van der Waals surface area contributed by atoms with Crippen molar-refractivity contribution < 1.29 is 19.1 Å². The van der Waals surface area contributed by atoms with E-state index in [0.29, 0.717) is 17.9 Å². The maximum atomic E-state index is 11.7. The van der Waals surface area contributed by atoms with Gasteiger partial charge in [0.1, 0.15) is 0 Å². The van der Waals surface area contributed by atoms with Crippen LogP contribution in [0.5, 0.6) is 0 Å². The fourth-order valence-electron chi connectivity index (χ4n) is 1.54.